The predicted octanol–water partition coefficient (Wildman–Crippen LogP) is 0.204. The summed E-state index contributed by atoms with van der Waals surface area (Å²) in [5.74, 6) is 0.716. The number of methoxy groups -OCH3 is 1. The van der Waals surface area contributed by atoms with Crippen LogP contribution in [0.4, 0.5) is 0 Å². The highest BCUT2D eigenvalue weighted by Crippen LogP contribution is 2.30. The topological polar surface area (TPSA) is 79.0 Å². The van der Waals surface area contributed by atoms with Gasteiger partial charge in [-0.25, -0.2) is 8.42 Å². The third-order valence-corrected chi connectivity index (χ3v) is 6.48. The van der Waals surface area contributed by atoms with Gasteiger partial charge in [0, 0.05) is 31.7 Å². The molecule has 2 heterocycles. The van der Waals surface area contributed by atoms with E-state index in [2.05, 4.69) is 5.32 Å². The highest BCUT2D eigenvalue weighted by Gasteiger charge is 2.35. The Morgan fingerprint density at radius 1 is 1.33 bits per heavy atom. The van der Waals surface area contributed by atoms with Crippen molar-refractivity contribution in [1.82, 2.24) is 14.5 Å². The van der Waals surface area contributed by atoms with Crippen LogP contribution in [-0.2, 0) is 14.8 Å². The molecule has 0 bridgehead atoms. The number of sulfonamides is 1. The Bertz CT molecular complexity index is 707. The van der Waals surface area contributed by atoms with Gasteiger partial charge in [0.05, 0.1) is 25.4 Å². The van der Waals surface area contributed by atoms with E-state index >= 15 is 0 Å². The minimum Gasteiger partial charge on any atom is -0.496 e. The number of para-hydroxylation sites is 1. The molecule has 1 unspecified atom stereocenters. The second-order valence-corrected chi connectivity index (χ2v) is 8.14. The van der Waals surface area contributed by atoms with Crippen molar-refractivity contribution in [1.29, 1.82) is 0 Å². The number of hydrogen-bond donors (Lipinski definition) is 1. The van der Waals surface area contributed by atoms with Crippen LogP contribution in [0.1, 0.15) is 18.0 Å². The molecule has 1 amide bonds. The van der Waals surface area contributed by atoms with E-state index in [0.29, 0.717) is 32.6 Å². The first-order valence-corrected chi connectivity index (χ1v) is 9.75. The van der Waals surface area contributed by atoms with E-state index < -0.39 is 10.0 Å². The van der Waals surface area contributed by atoms with Gasteiger partial charge < -0.3 is 15.0 Å². The second-order valence-electron chi connectivity index (χ2n) is 6.05. The lowest BCUT2D eigenvalue weighted by molar-refractivity contribution is -0.134. The molecule has 2 fully saturated rings. The molecule has 1 atom stereocenters. The molecule has 1 aromatic rings. The van der Waals surface area contributed by atoms with Crippen LogP contribution in [0.15, 0.2) is 24.3 Å². The summed E-state index contributed by atoms with van der Waals surface area (Å²) in [6.45, 7) is 2.23. The summed E-state index contributed by atoms with van der Waals surface area (Å²) in [5, 5.41) is 3.30. The van der Waals surface area contributed by atoms with Crippen molar-refractivity contribution in [2.24, 2.45) is 0 Å². The Balaban J connectivity index is 1.80. The highest BCUT2D eigenvalue weighted by molar-refractivity contribution is 7.89. The molecule has 2 saturated heterocycles. The third kappa shape index (κ3) is 3.40. The number of carbonyl (C=O) groups is 1. The van der Waals surface area contributed by atoms with E-state index in [1.165, 1.54) is 4.31 Å². The molecule has 0 aliphatic carbocycles. The van der Waals surface area contributed by atoms with Crippen LogP contribution in [0, 0.1) is 0 Å². The molecule has 1 N–H and O–H groups in total. The lowest BCUT2D eigenvalue weighted by Gasteiger charge is -2.37. The molecule has 7 nitrogen and oxygen atoms in total. The van der Waals surface area contributed by atoms with Crippen LogP contribution in [0.25, 0.3) is 0 Å². The van der Waals surface area contributed by atoms with E-state index in [1.807, 2.05) is 24.3 Å². The maximum absolute atomic E-state index is 12.8. The molecule has 2 aliphatic heterocycles. The number of ether oxygens (including phenoxy) is 1. The first-order chi connectivity index (χ1) is 11.5. The number of hydrogen-bond acceptors (Lipinski definition) is 5. The maximum Gasteiger partial charge on any atom is 0.238 e. The molecule has 8 heteroatoms. The standard InChI is InChI=1S/C16H23N3O4S/c1-23-15-6-3-2-5-13(15)14-11-17-7-9-19(14)16(20)12-18-8-4-10-24(18,21)22/h2-3,5-6,14,17H,4,7-12H2,1H3. The normalized spacial score (nSPS) is 24.0. The van der Waals surface area contributed by atoms with Crippen LogP contribution < -0.4 is 10.1 Å². The number of nitrogens with zero attached hydrogens (tertiary/aromatic N) is 2. The molecule has 3 rings (SSSR count). The summed E-state index contributed by atoms with van der Waals surface area (Å²) < 4.78 is 30.6. The van der Waals surface area contributed by atoms with E-state index in [-0.39, 0.29) is 24.2 Å². The fourth-order valence-electron chi connectivity index (χ4n) is 3.33. The van der Waals surface area contributed by atoms with Gasteiger partial charge in [0.2, 0.25) is 15.9 Å². The second kappa shape index (κ2) is 7.08. The minimum absolute atomic E-state index is 0.0754. The SMILES string of the molecule is COc1ccccc1C1CNCCN1C(=O)CN1CCCS1(=O)=O. The Morgan fingerprint density at radius 2 is 2.12 bits per heavy atom. The molecular formula is C16H23N3O4S. The number of piperazine rings is 1. The average Bonchev–Trinajstić information content (AvgIpc) is 2.93. The molecule has 1 aromatic carbocycles. The van der Waals surface area contributed by atoms with E-state index in [4.69, 9.17) is 4.74 Å². The van der Waals surface area contributed by atoms with Crippen LogP contribution in [0.2, 0.25) is 0 Å². The van der Waals surface area contributed by atoms with Crippen molar-refractivity contribution >= 4 is 15.9 Å². The van der Waals surface area contributed by atoms with Gasteiger partial charge in [-0.2, -0.15) is 4.31 Å². The van der Waals surface area contributed by atoms with E-state index in [1.54, 1.807) is 12.0 Å². The van der Waals surface area contributed by atoms with Crippen molar-refractivity contribution < 1.29 is 17.9 Å². The summed E-state index contributed by atoms with van der Waals surface area (Å²) >= 11 is 0. The number of benzene rings is 1. The van der Waals surface area contributed by atoms with Gasteiger partial charge in [0.25, 0.3) is 0 Å². The van der Waals surface area contributed by atoms with Crippen LogP contribution in [0.3, 0.4) is 0 Å². The average molecular weight is 353 g/mol. The molecule has 0 saturated carbocycles. The van der Waals surface area contributed by atoms with Crippen LogP contribution >= 0.6 is 0 Å². The Kier molecular flexibility index (Phi) is 5.07. The Labute approximate surface area is 142 Å². The number of amides is 1. The van der Waals surface area contributed by atoms with Gasteiger partial charge in [-0.1, -0.05) is 18.2 Å². The van der Waals surface area contributed by atoms with Gasteiger partial charge in [0.1, 0.15) is 5.75 Å². The Morgan fingerprint density at radius 3 is 2.83 bits per heavy atom. The van der Waals surface area contributed by atoms with Crippen molar-refractivity contribution in [3.05, 3.63) is 29.8 Å². The molecule has 2 aliphatic rings. The van der Waals surface area contributed by atoms with Gasteiger partial charge in [0.15, 0.2) is 0 Å². The maximum atomic E-state index is 12.8. The van der Waals surface area contributed by atoms with E-state index in [0.717, 1.165) is 11.3 Å². The van der Waals surface area contributed by atoms with Crippen molar-refractivity contribution in [2.75, 3.05) is 45.6 Å². The summed E-state index contributed by atoms with van der Waals surface area (Å²) in [6, 6.07) is 7.47. The number of rotatable bonds is 4. The lowest BCUT2D eigenvalue weighted by Crippen LogP contribution is -2.51. The van der Waals surface area contributed by atoms with Gasteiger partial charge in [-0.3, -0.25) is 4.79 Å². The molecular weight excluding hydrogens is 330 g/mol. The zero-order chi connectivity index (χ0) is 17.2. The van der Waals surface area contributed by atoms with Crippen molar-refractivity contribution in [2.45, 2.75) is 12.5 Å². The zero-order valence-corrected chi connectivity index (χ0v) is 14.6. The fraction of sp³-hybridized carbons (Fsp3) is 0.562. The zero-order valence-electron chi connectivity index (χ0n) is 13.8. The van der Waals surface area contributed by atoms with Gasteiger partial charge in [-0.15, -0.1) is 0 Å². The fourth-order valence-corrected chi connectivity index (χ4v) is 4.80. The largest absolute Gasteiger partial charge is 0.496 e. The Hall–Kier alpha value is -1.64. The van der Waals surface area contributed by atoms with Crippen molar-refractivity contribution in [3.63, 3.8) is 0 Å². The molecule has 0 radical (unpaired) electrons. The lowest BCUT2D eigenvalue weighted by atomic mass is 10.0. The molecule has 24 heavy (non-hydrogen) atoms. The van der Waals surface area contributed by atoms with E-state index in [9.17, 15) is 13.2 Å². The summed E-state index contributed by atoms with van der Waals surface area (Å²) in [5.41, 5.74) is 0.935. The molecule has 0 spiro atoms. The van der Waals surface area contributed by atoms with Crippen molar-refractivity contribution in [3.8, 4) is 5.75 Å². The first kappa shape index (κ1) is 17.2. The molecule has 132 valence electrons. The highest BCUT2D eigenvalue weighted by atomic mass is 32.2. The smallest absolute Gasteiger partial charge is 0.238 e. The van der Waals surface area contributed by atoms with Gasteiger partial charge in [-0.05, 0) is 12.5 Å². The summed E-state index contributed by atoms with van der Waals surface area (Å²) in [7, 11) is -1.66. The van der Waals surface area contributed by atoms with Gasteiger partial charge >= 0.3 is 0 Å². The predicted molar refractivity (Wildman–Crippen MR) is 90.3 cm³/mol. The summed E-state index contributed by atoms with van der Waals surface area (Å²) in [4.78, 5) is 14.5. The first-order valence-electron chi connectivity index (χ1n) is 8.14. The monoisotopic (exact) mass is 353 g/mol. The number of nitrogens with one attached hydrogen (secondary N) is 1. The molecule has 0 aromatic heterocycles. The number of carbonyl (C=O) groups excluding carboxylic acids is 1. The minimum atomic E-state index is -3.27. The van der Waals surface area contributed by atoms with Crippen LogP contribution in [-0.4, -0.2) is 69.1 Å². The quantitative estimate of drug-likeness (QED) is 0.837. The summed E-state index contributed by atoms with van der Waals surface area (Å²) in [6.07, 6.45) is 0.590. The van der Waals surface area contributed by atoms with Crippen LogP contribution in [0.5, 0.6) is 5.75 Å². The third-order valence-electron chi connectivity index (χ3n) is 4.58.